The number of rotatable bonds is 4. The van der Waals surface area contributed by atoms with Gasteiger partial charge >= 0.3 is 6.03 Å². The van der Waals surface area contributed by atoms with E-state index in [0.717, 1.165) is 31.2 Å². The third-order valence-electron chi connectivity index (χ3n) is 3.65. The Bertz CT molecular complexity index is 496. The topological polar surface area (TPSA) is 79.5 Å². The summed E-state index contributed by atoms with van der Waals surface area (Å²) in [7, 11) is 0. The van der Waals surface area contributed by atoms with E-state index >= 15 is 0 Å². The van der Waals surface area contributed by atoms with E-state index in [2.05, 4.69) is 16.2 Å². The Hall–Kier alpha value is -2.24. The molecule has 1 aliphatic rings. The minimum absolute atomic E-state index is 0.146. The molecule has 0 radical (unpaired) electrons. The Kier molecular flexibility index (Phi) is 6.06. The van der Waals surface area contributed by atoms with Gasteiger partial charge in [0, 0.05) is 6.04 Å². The fourth-order valence-electron chi connectivity index (χ4n) is 2.41. The second-order valence-corrected chi connectivity index (χ2v) is 5.58. The molecular formula is C16H23N3O3. The summed E-state index contributed by atoms with van der Waals surface area (Å²) in [5, 5.41) is 2.85. The number of benzene rings is 1. The predicted molar refractivity (Wildman–Crippen MR) is 83.4 cm³/mol. The number of urea groups is 1. The molecule has 6 heteroatoms. The largest absolute Gasteiger partial charge is 0.484 e. The molecule has 3 N–H and O–H groups in total. The van der Waals surface area contributed by atoms with Crippen LogP contribution in [0, 0.1) is 6.92 Å². The first-order valence-corrected chi connectivity index (χ1v) is 7.68. The summed E-state index contributed by atoms with van der Waals surface area (Å²) in [4.78, 5) is 23.3. The first-order chi connectivity index (χ1) is 10.6. The molecule has 6 nitrogen and oxygen atoms in total. The lowest BCUT2D eigenvalue weighted by molar-refractivity contribution is -0.123. The highest BCUT2D eigenvalue weighted by atomic mass is 16.5. The molecule has 1 aromatic carbocycles. The summed E-state index contributed by atoms with van der Waals surface area (Å²) >= 11 is 0. The highest BCUT2D eigenvalue weighted by Gasteiger charge is 2.15. The van der Waals surface area contributed by atoms with Crippen LogP contribution in [0.5, 0.6) is 5.75 Å². The lowest BCUT2D eigenvalue weighted by Crippen LogP contribution is -2.51. The maximum absolute atomic E-state index is 11.6. The fraction of sp³-hybridized carbons (Fsp3) is 0.500. The van der Waals surface area contributed by atoms with Gasteiger partial charge < -0.3 is 10.1 Å². The van der Waals surface area contributed by atoms with Gasteiger partial charge in [-0.05, 0) is 31.9 Å². The van der Waals surface area contributed by atoms with Crippen molar-refractivity contribution in [3.8, 4) is 5.75 Å². The fourth-order valence-corrected chi connectivity index (χ4v) is 2.41. The van der Waals surface area contributed by atoms with Crippen LogP contribution in [0.15, 0.2) is 24.3 Å². The summed E-state index contributed by atoms with van der Waals surface area (Å²) in [5.74, 6) is 0.215. The minimum Gasteiger partial charge on any atom is -0.484 e. The van der Waals surface area contributed by atoms with Crippen LogP contribution in [0.4, 0.5) is 4.79 Å². The third kappa shape index (κ3) is 5.63. The van der Waals surface area contributed by atoms with Crippen LogP contribution in [0.2, 0.25) is 0 Å². The molecular weight excluding hydrogens is 282 g/mol. The average Bonchev–Trinajstić information content (AvgIpc) is 2.53. The summed E-state index contributed by atoms with van der Waals surface area (Å²) in [6.07, 6.45) is 5.51. The SMILES string of the molecule is Cc1ccc(OCC(=O)NNC(=O)NC2CCCCC2)cc1. The molecule has 3 amide bonds. The first-order valence-electron chi connectivity index (χ1n) is 7.68. The molecule has 0 aromatic heterocycles. The molecule has 120 valence electrons. The van der Waals surface area contributed by atoms with Crippen LogP contribution in [0.3, 0.4) is 0 Å². The molecule has 1 aromatic rings. The minimum atomic E-state index is -0.403. The standard InChI is InChI=1S/C16H23N3O3/c1-12-7-9-14(10-8-12)22-11-15(20)18-19-16(21)17-13-5-3-2-4-6-13/h7-10,13H,2-6,11H2,1H3,(H,18,20)(H2,17,19,21). The van der Waals surface area contributed by atoms with E-state index in [1.165, 1.54) is 6.42 Å². The molecule has 1 aliphatic carbocycles. The van der Waals surface area contributed by atoms with Crippen molar-refractivity contribution >= 4 is 11.9 Å². The number of hydrazine groups is 1. The zero-order valence-corrected chi connectivity index (χ0v) is 12.9. The van der Waals surface area contributed by atoms with E-state index in [1.807, 2.05) is 19.1 Å². The van der Waals surface area contributed by atoms with E-state index < -0.39 is 5.91 Å². The lowest BCUT2D eigenvalue weighted by atomic mass is 9.96. The molecule has 0 unspecified atom stereocenters. The monoisotopic (exact) mass is 305 g/mol. The van der Waals surface area contributed by atoms with Gasteiger partial charge in [-0.25, -0.2) is 10.2 Å². The zero-order chi connectivity index (χ0) is 15.8. The number of ether oxygens (including phenoxy) is 1. The second-order valence-electron chi connectivity index (χ2n) is 5.58. The van der Waals surface area contributed by atoms with Crippen LogP contribution in [0.25, 0.3) is 0 Å². The normalized spacial score (nSPS) is 15.0. The molecule has 0 atom stereocenters. The Labute approximate surface area is 130 Å². The highest BCUT2D eigenvalue weighted by Crippen LogP contribution is 2.17. The Morgan fingerprint density at radius 2 is 1.77 bits per heavy atom. The third-order valence-corrected chi connectivity index (χ3v) is 3.65. The Balaban J connectivity index is 1.62. The Morgan fingerprint density at radius 3 is 2.45 bits per heavy atom. The van der Waals surface area contributed by atoms with E-state index in [0.29, 0.717) is 5.75 Å². The van der Waals surface area contributed by atoms with Crippen molar-refractivity contribution in [2.75, 3.05) is 6.61 Å². The van der Waals surface area contributed by atoms with E-state index in [9.17, 15) is 9.59 Å². The van der Waals surface area contributed by atoms with Gasteiger partial charge in [0.05, 0.1) is 0 Å². The molecule has 0 spiro atoms. The predicted octanol–water partition coefficient (Wildman–Crippen LogP) is 2.04. The van der Waals surface area contributed by atoms with Crippen LogP contribution in [-0.4, -0.2) is 24.6 Å². The van der Waals surface area contributed by atoms with Gasteiger partial charge in [-0.3, -0.25) is 10.2 Å². The molecule has 1 saturated carbocycles. The number of hydrogen-bond donors (Lipinski definition) is 3. The van der Waals surface area contributed by atoms with Gasteiger partial charge in [0.25, 0.3) is 5.91 Å². The van der Waals surface area contributed by atoms with Gasteiger partial charge in [0.15, 0.2) is 6.61 Å². The van der Waals surface area contributed by atoms with Gasteiger partial charge in [0.2, 0.25) is 0 Å². The maximum Gasteiger partial charge on any atom is 0.333 e. The number of carbonyl (C=O) groups is 2. The summed E-state index contributed by atoms with van der Waals surface area (Å²) in [6, 6.07) is 7.23. The quantitative estimate of drug-likeness (QED) is 0.745. The Morgan fingerprint density at radius 1 is 1.09 bits per heavy atom. The van der Waals surface area contributed by atoms with Crippen molar-refractivity contribution in [1.29, 1.82) is 0 Å². The molecule has 0 bridgehead atoms. The average molecular weight is 305 g/mol. The zero-order valence-electron chi connectivity index (χ0n) is 12.9. The van der Waals surface area contributed by atoms with Gasteiger partial charge in [0.1, 0.15) is 5.75 Å². The molecule has 22 heavy (non-hydrogen) atoms. The van der Waals surface area contributed by atoms with Crippen LogP contribution in [0.1, 0.15) is 37.7 Å². The summed E-state index contributed by atoms with van der Waals surface area (Å²) < 4.78 is 5.32. The number of nitrogens with one attached hydrogen (secondary N) is 3. The molecule has 0 aliphatic heterocycles. The van der Waals surface area contributed by atoms with Crippen molar-refractivity contribution in [2.45, 2.75) is 45.1 Å². The second kappa shape index (κ2) is 8.26. The van der Waals surface area contributed by atoms with Crippen molar-refractivity contribution in [2.24, 2.45) is 0 Å². The molecule has 0 heterocycles. The van der Waals surface area contributed by atoms with E-state index in [4.69, 9.17) is 4.74 Å². The van der Waals surface area contributed by atoms with Gasteiger partial charge in [-0.15, -0.1) is 0 Å². The van der Waals surface area contributed by atoms with E-state index in [-0.39, 0.29) is 18.7 Å². The van der Waals surface area contributed by atoms with Gasteiger partial charge in [-0.2, -0.15) is 0 Å². The van der Waals surface area contributed by atoms with Crippen molar-refractivity contribution in [3.63, 3.8) is 0 Å². The van der Waals surface area contributed by atoms with Crippen molar-refractivity contribution in [3.05, 3.63) is 29.8 Å². The van der Waals surface area contributed by atoms with Crippen LogP contribution in [-0.2, 0) is 4.79 Å². The first kappa shape index (κ1) is 16.1. The molecule has 1 fully saturated rings. The summed E-state index contributed by atoms with van der Waals surface area (Å²) in [5.41, 5.74) is 5.80. The molecule has 0 saturated heterocycles. The number of amides is 3. The van der Waals surface area contributed by atoms with E-state index in [1.54, 1.807) is 12.1 Å². The smallest absolute Gasteiger partial charge is 0.333 e. The van der Waals surface area contributed by atoms with Crippen molar-refractivity contribution in [1.82, 2.24) is 16.2 Å². The highest BCUT2D eigenvalue weighted by molar-refractivity contribution is 5.82. The number of hydrogen-bond acceptors (Lipinski definition) is 3. The van der Waals surface area contributed by atoms with Gasteiger partial charge in [-0.1, -0.05) is 37.0 Å². The van der Waals surface area contributed by atoms with Crippen molar-refractivity contribution < 1.29 is 14.3 Å². The summed E-state index contributed by atoms with van der Waals surface area (Å²) in [6.45, 7) is 1.83. The number of carbonyl (C=O) groups excluding carboxylic acids is 2. The lowest BCUT2D eigenvalue weighted by Gasteiger charge is -2.22. The van der Waals surface area contributed by atoms with Crippen LogP contribution < -0.4 is 20.9 Å². The van der Waals surface area contributed by atoms with Crippen LogP contribution >= 0.6 is 0 Å². The molecule has 2 rings (SSSR count). The maximum atomic E-state index is 11.6. The number of aryl methyl sites for hydroxylation is 1.